The second kappa shape index (κ2) is 10.2. The SMILES string of the molecule is CC(=O)N1CCN(C(=O)CCNC(=O)CCCc2ccc(Cl)cc2)CC1. The van der Waals surface area contributed by atoms with Gasteiger partial charge < -0.3 is 15.1 Å². The lowest BCUT2D eigenvalue weighted by atomic mass is 10.1. The summed E-state index contributed by atoms with van der Waals surface area (Å²) in [6, 6.07) is 7.62. The van der Waals surface area contributed by atoms with Gasteiger partial charge in [-0.2, -0.15) is 0 Å². The summed E-state index contributed by atoms with van der Waals surface area (Å²) in [5.74, 6) is 0.0331. The zero-order chi connectivity index (χ0) is 18.9. The average Bonchev–Trinajstić information content (AvgIpc) is 2.63. The van der Waals surface area contributed by atoms with E-state index >= 15 is 0 Å². The van der Waals surface area contributed by atoms with Crippen molar-refractivity contribution in [3.8, 4) is 0 Å². The Balaban J connectivity index is 1.57. The molecular weight excluding hydrogens is 354 g/mol. The summed E-state index contributed by atoms with van der Waals surface area (Å²) in [6.45, 7) is 4.18. The molecule has 0 atom stereocenters. The topological polar surface area (TPSA) is 69.7 Å². The van der Waals surface area contributed by atoms with Gasteiger partial charge in [-0.15, -0.1) is 0 Å². The average molecular weight is 380 g/mol. The van der Waals surface area contributed by atoms with Crippen molar-refractivity contribution in [1.82, 2.24) is 15.1 Å². The van der Waals surface area contributed by atoms with Gasteiger partial charge >= 0.3 is 0 Å². The third-order valence-electron chi connectivity index (χ3n) is 4.52. The lowest BCUT2D eigenvalue weighted by molar-refractivity contribution is -0.138. The zero-order valence-corrected chi connectivity index (χ0v) is 15.9. The van der Waals surface area contributed by atoms with Crippen molar-refractivity contribution in [1.29, 1.82) is 0 Å². The number of piperazine rings is 1. The maximum atomic E-state index is 12.1. The smallest absolute Gasteiger partial charge is 0.224 e. The van der Waals surface area contributed by atoms with E-state index in [9.17, 15) is 14.4 Å². The highest BCUT2D eigenvalue weighted by atomic mass is 35.5. The zero-order valence-electron chi connectivity index (χ0n) is 15.2. The minimum absolute atomic E-state index is 0.0228. The molecule has 1 aromatic carbocycles. The molecule has 7 heteroatoms. The second-order valence-electron chi connectivity index (χ2n) is 6.47. The van der Waals surface area contributed by atoms with Crippen LogP contribution in [0.25, 0.3) is 0 Å². The number of carbonyl (C=O) groups excluding carboxylic acids is 3. The summed E-state index contributed by atoms with van der Waals surface area (Å²) < 4.78 is 0. The Morgan fingerprint density at radius 1 is 1.00 bits per heavy atom. The molecule has 1 N–H and O–H groups in total. The van der Waals surface area contributed by atoms with Gasteiger partial charge in [0, 0.05) is 57.5 Å². The Bertz CT molecular complexity index is 625. The van der Waals surface area contributed by atoms with Crippen LogP contribution in [-0.2, 0) is 20.8 Å². The van der Waals surface area contributed by atoms with Crippen molar-refractivity contribution < 1.29 is 14.4 Å². The molecule has 26 heavy (non-hydrogen) atoms. The lowest BCUT2D eigenvalue weighted by Gasteiger charge is -2.34. The summed E-state index contributed by atoms with van der Waals surface area (Å²) >= 11 is 5.84. The van der Waals surface area contributed by atoms with Crippen LogP contribution >= 0.6 is 11.6 Å². The summed E-state index contributed by atoms with van der Waals surface area (Å²) in [5.41, 5.74) is 1.15. The van der Waals surface area contributed by atoms with Gasteiger partial charge in [-0.05, 0) is 30.5 Å². The molecule has 0 bridgehead atoms. The van der Waals surface area contributed by atoms with Gasteiger partial charge in [-0.25, -0.2) is 0 Å². The molecule has 1 saturated heterocycles. The number of halogens is 1. The first kappa shape index (κ1) is 20.2. The highest BCUT2D eigenvalue weighted by molar-refractivity contribution is 6.30. The Labute approximate surface area is 159 Å². The largest absolute Gasteiger partial charge is 0.356 e. The van der Waals surface area contributed by atoms with Crippen molar-refractivity contribution in [3.05, 3.63) is 34.9 Å². The standard InChI is InChI=1S/C19H26ClN3O3/c1-15(24)22-11-13-23(14-12-22)19(26)9-10-21-18(25)4-2-3-16-5-7-17(20)8-6-16/h5-8H,2-4,9-14H2,1H3,(H,21,25). The lowest BCUT2D eigenvalue weighted by Crippen LogP contribution is -2.50. The van der Waals surface area contributed by atoms with Crippen molar-refractivity contribution in [2.45, 2.75) is 32.6 Å². The van der Waals surface area contributed by atoms with E-state index in [2.05, 4.69) is 5.32 Å². The molecule has 0 unspecified atom stereocenters. The van der Waals surface area contributed by atoms with E-state index in [0.717, 1.165) is 18.4 Å². The first-order valence-corrected chi connectivity index (χ1v) is 9.38. The van der Waals surface area contributed by atoms with Gasteiger partial charge in [0.1, 0.15) is 0 Å². The van der Waals surface area contributed by atoms with Crippen molar-refractivity contribution >= 4 is 29.3 Å². The number of benzene rings is 1. The number of hydrogen-bond acceptors (Lipinski definition) is 3. The highest BCUT2D eigenvalue weighted by Crippen LogP contribution is 2.11. The summed E-state index contributed by atoms with van der Waals surface area (Å²) in [7, 11) is 0. The van der Waals surface area contributed by atoms with Crippen molar-refractivity contribution in [2.24, 2.45) is 0 Å². The molecule has 0 aliphatic carbocycles. The van der Waals surface area contributed by atoms with E-state index in [1.165, 1.54) is 0 Å². The van der Waals surface area contributed by atoms with Gasteiger partial charge in [-0.3, -0.25) is 14.4 Å². The second-order valence-corrected chi connectivity index (χ2v) is 6.90. The summed E-state index contributed by atoms with van der Waals surface area (Å²) in [6.07, 6.45) is 2.31. The molecule has 1 aromatic rings. The van der Waals surface area contributed by atoms with Gasteiger partial charge in [0.05, 0.1) is 0 Å². The fourth-order valence-electron chi connectivity index (χ4n) is 2.93. The van der Waals surface area contributed by atoms with Crippen molar-refractivity contribution in [3.63, 3.8) is 0 Å². The number of nitrogens with zero attached hydrogens (tertiary/aromatic N) is 2. The van der Waals surface area contributed by atoms with Gasteiger partial charge in [0.15, 0.2) is 0 Å². The minimum Gasteiger partial charge on any atom is -0.356 e. The fourth-order valence-corrected chi connectivity index (χ4v) is 3.06. The summed E-state index contributed by atoms with van der Waals surface area (Å²) in [4.78, 5) is 38.8. The van der Waals surface area contributed by atoms with E-state index < -0.39 is 0 Å². The Kier molecular flexibility index (Phi) is 7.91. The van der Waals surface area contributed by atoms with Gasteiger partial charge in [-0.1, -0.05) is 23.7 Å². The molecule has 3 amide bonds. The van der Waals surface area contributed by atoms with E-state index in [-0.39, 0.29) is 17.7 Å². The third kappa shape index (κ3) is 6.67. The molecule has 1 aliphatic heterocycles. The molecule has 142 valence electrons. The maximum Gasteiger partial charge on any atom is 0.224 e. The van der Waals surface area contributed by atoms with Crippen LogP contribution in [0.5, 0.6) is 0 Å². The molecule has 0 radical (unpaired) electrons. The Hall–Kier alpha value is -2.08. The van der Waals surface area contributed by atoms with Crippen LogP contribution in [0.2, 0.25) is 5.02 Å². The molecule has 0 spiro atoms. The number of hydrogen-bond donors (Lipinski definition) is 1. The Morgan fingerprint density at radius 2 is 1.62 bits per heavy atom. The third-order valence-corrected chi connectivity index (χ3v) is 4.77. The molecule has 6 nitrogen and oxygen atoms in total. The van der Waals surface area contributed by atoms with Crippen LogP contribution in [0.1, 0.15) is 31.7 Å². The summed E-state index contributed by atoms with van der Waals surface area (Å²) in [5, 5.41) is 3.51. The highest BCUT2D eigenvalue weighted by Gasteiger charge is 2.21. The van der Waals surface area contributed by atoms with E-state index in [1.807, 2.05) is 24.3 Å². The molecular formula is C19H26ClN3O3. The number of rotatable bonds is 7. The van der Waals surface area contributed by atoms with Crippen LogP contribution in [-0.4, -0.2) is 60.2 Å². The minimum atomic E-state index is -0.0341. The van der Waals surface area contributed by atoms with Crippen LogP contribution in [0.15, 0.2) is 24.3 Å². The van der Waals surface area contributed by atoms with Crippen LogP contribution < -0.4 is 5.32 Å². The quantitative estimate of drug-likeness (QED) is 0.786. The number of amides is 3. The molecule has 1 aliphatic rings. The van der Waals surface area contributed by atoms with Crippen LogP contribution in [0.4, 0.5) is 0 Å². The van der Waals surface area contributed by atoms with E-state index in [4.69, 9.17) is 11.6 Å². The van der Waals surface area contributed by atoms with Crippen LogP contribution in [0.3, 0.4) is 0 Å². The van der Waals surface area contributed by atoms with Gasteiger partial charge in [0.2, 0.25) is 17.7 Å². The van der Waals surface area contributed by atoms with Crippen molar-refractivity contribution in [2.75, 3.05) is 32.7 Å². The number of aryl methyl sites for hydroxylation is 1. The Morgan fingerprint density at radius 3 is 2.23 bits per heavy atom. The van der Waals surface area contributed by atoms with Gasteiger partial charge in [0.25, 0.3) is 0 Å². The van der Waals surface area contributed by atoms with Crippen LogP contribution in [0, 0.1) is 0 Å². The normalized spacial score (nSPS) is 14.2. The molecule has 1 fully saturated rings. The molecule has 2 rings (SSSR count). The number of carbonyl (C=O) groups is 3. The maximum absolute atomic E-state index is 12.1. The molecule has 0 saturated carbocycles. The predicted octanol–water partition coefficient (Wildman–Crippen LogP) is 1.86. The molecule has 1 heterocycles. The van der Waals surface area contributed by atoms with E-state index in [1.54, 1.807) is 16.7 Å². The first-order valence-electron chi connectivity index (χ1n) is 9.00. The predicted molar refractivity (Wildman–Crippen MR) is 101 cm³/mol. The monoisotopic (exact) mass is 379 g/mol. The molecule has 0 aromatic heterocycles. The number of nitrogens with one attached hydrogen (secondary N) is 1. The fraction of sp³-hybridized carbons (Fsp3) is 0.526. The first-order chi connectivity index (χ1) is 12.5. The van der Waals surface area contributed by atoms with E-state index in [0.29, 0.717) is 50.6 Å².